The lowest BCUT2D eigenvalue weighted by molar-refractivity contribution is -0.302. The maximum Gasteiger partial charge on any atom is 0.329 e. The zero-order chi connectivity index (χ0) is 44.6. The molecule has 2 bridgehead atoms. The van der Waals surface area contributed by atoms with Crippen molar-refractivity contribution in [3.05, 3.63) is 53.6 Å². The van der Waals surface area contributed by atoms with Gasteiger partial charge in [0, 0.05) is 44.9 Å². The van der Waals surface area contributed by atoms with Crippen molar-refractivity contribution in [1.29, 1.82) is 0 Å². The molecule has 1 aromatic carbocycles. The predicted molar refractivity (Wildman–Crippen MR) is 228 cm³/mol. The van der Waals surface area contributed by atoms with Crippen LogP contribution < -0.4 is 4.74 Å². The Bertz CT molecular complexity index is 1710. The van der Waals surface area contributed by atoms with Gasteiger partial charge in [-0.05, 0) is 108 Å². The molecule has 340 valence electrons. The maximum absolute atomic E-state index is 14.4. The number of carbonyl (C=O) groups is 4. The Morgan fingerprint density at radius 3 is 2.26 bits per heavy atom. The zero-order valence-corrected chi connectivity index (χ0v) is 37.5. The zero-order valence-electron chi connectivity index (χ0n) is 37.5. The summed E-state index contributed by atoms with van der Waals surface area (Å²) in [6.45, 7) is 11.3. The number of rotatable bonds is 7. The maximum atomic E-state index is 14.4. The first-order valence-corrected chi connectivity index (χ1v) is 22.5. The molecule has 5 rings (SSSR count). The number of ether oxygens (including phenoxy) is 5. The monoisotopic (exact) mass is 853 g/mol. The molecule has 1 aromatic rings. The van der Waals surface area contributed by atoms with E-state index in [-0.39, 0.29) is 43.4 Å². The van der Waals surface area contributed by atoms with E-state index >= 15 is 0 Å². The fourth-order valence-electron chi connectivity index (χ4n) is 9.94. The highest BCUT2D eigenvalue weighted by Gasteiger charge is 2.56. The summed E-state index contributed by atoms with van der Waals surface area (Å²) in [6, 6.07) is 8.17. The van der Waals surface area contributed by atoms with Crippen molar-refractivity contribution in [2.75, 3.05) is 20.8 Å². The molecule has 2 saturated heterocycles. The minimum Gasteiger partial charge on any atom is -0.488 e. The van der Waals surface area contributed by atoms with Crippen LogP contribution in [0.5, 0.6) is 5.75 Å². The number of para-hydroxylation sites is 1. The van der Waals surface area contributed by atoms with Gasteiger partial charge in [0.15, 0.2) is 0 Å². The van der Waals surface area contributed by atoms with Crippen LogP contribution in [0, 0.1) is 29.6 Å². The SMILES string of the molecule is CC[C@@H]1/C=C(\C)C[C@H](C)C[C@H](OC)[C@H]2O[C@@](O)(C(=O)C(=O)N3CCCC[C@H]3C(=O)O[C@H](/C(C)=C/[C@@H]3CC[C@@H](O)[C@H](Oc4ccccc4)C3)[C@H](C)[C@@H](O)CC1=O)[C@H](C)C[C@@H]2OC. The summed E-state index contributed by atoms with van der Waals surface area (Å²) in [5.41, 5.74) is 1.64. The molecule has 13 heteroatoms. The second kappa shape index (κ2) is 21.8. The highest BCUT2D eigenvalue weighted by atomic mass is 16.7. The number of ketones is 2. The summed E-state index contributed by atoms with van der Waals surface area (Å²) < 4.78 is 30.5. The number of esters is 1. The van der Waals surface area contributed by atoms with E-state index in [2.05, 4.69) is 6.92 Å². The molecular formula is C48H71NO12. The van der Waals surface area contributed by atoms with E-state index in [9.17, 15) is 34.5 Å². The molecular weight excluding hydrogens is 783 g/mol. The minimum absolute atomic E-state index is 0.0276. The second-order valence-corrected chi connectivity index (χ2v) is 18.4. The number of amides is 1. The molecule has 3 heterocycles. The highest BCUT2D eigenvalue weighted by molar-refractivity contribution is 6.39. The van der Waals surface area contributed by atoms with E-state index in [1.807, 2.05) is 63.3 Å². The van der Waals surface area contributed by atoms with Crippen molar-refractivity contribution in [2.45, 2.75) is 167 Å². The van der Waals surface area contributed by atoms with Crippen LogP contribution in [0.25, 0.3) is 0 Å². The topological polar surface area (TPSA) is 178 Å². The average molecular weight is 854 g/mol. The predicted octanol–water partition coefficient (Wildman–Crippen LogP) is 5.91. The quantitative estimate of drug-likeness (QED) is 0.168. The number of fused-ring (bicyclic) bond motifs is 3. The summed E-state index contributed by atoms with van der Waals surface area (Å²) in [5.74, 6) is -7.00. The van der Waals surface area contributed by atoms with Crippen molar-refractivity contribution in [2.24, 2.45) is 29.6 Å². The molecule has 1 saturated carbocycles. The summed E-state index contributed by atoms with van der Waals surface area (Å²) in [6.07, 6.45) is 3.25. The van der Waals surface area contributed by atoms with Gasteiger partial charge in [-0.25, -0.2) is 4.79 Å². The fourth-order valence-corrected chi connectivity index (χ4v) is 9.94. The number of aliphatic hydroxyl groups is 3. The van der Waals surface area contributed by atoms with E-state index in [1.165, 1.54) is 19.1 Å². The fraction of sp³-hybridized carbons (Fsp3) is 0.708. The van der Waals surface area contributed by atoms with Gasteiger partial charge in [0.2, 0.25) is 5.79 Å². The van der Waals surface area contributed by atoms with Gasteiger partial charge in [-0.2, -0.15) is 0 Å². The van der Waals surface area contributed by atoms with E-state index < -0.39 is 90.0 Å². The summed E-state index contributed by atoms with van der Waals surface area (Å²) in [7, 11) is 3.07. The standard InChI is InChI=1S/C48H71NO12/c1-9-34-22-28(2)21-29(3)23-41(57-7)44-42(58-8)25-31(5)48(56,61-44)45(53)46(54)49-20-14-13-17-36(49)47(55)60-43(32(6)38(51)27-39(34)52)30(4)24-33-18-19-37(50)40(26-33)59-35-15-11-10-12-16-35/h10-12,15-16,22,24,29,31-34,36-38,40-44,50-51,56H,9,13-14,17-21,23,25-27H2,1-8H3/b28-22+,30-24+/t29-,31+,32+,33-,34+,36-,37+,38-,40+,41-,42-,43+,44+,48+/m0/s1. The number of nitrogens with zero attached hydrogens (tertiary/aromatic N) is 1. The first kappa shape index (κ1) is 48.6. The van der Waals surface area contributed by atoms with E-state index in [0.29, 0.717) is 62.7 Å². The van der Waals surface area contributed by atoms with Gasteiger partial charge in [0.25, 0.3) is 11.7 Å². The third kappa shape index (κ3) is 11.8. The van der Waals surface area contributed by atoms with Gasteiger partial charge in [0.05, 0.1) is 24.4 Å². The Hall–Kier alpha value is -3.46. The van der Waals surface area contributed by atoms with E-state index in [4.69, 9.17) is 23.7 Å². The van der Waals surface area contributed by atoms with Crippen molar-refractivity contribution in [3.63, 3.8) is 0 Å². The molecule has 1 amide bonds. The van der Waals surface area contributed by atoms with Crippen LogP contribution in [-0.2, 0) is 38.1 Å². The van der Waals surface area contributed by atoms with Gasteiger partial charge in [0.1, 0.15) is 35.9 Å². The van der Waals surface area contributed by atoms with E-state index in [1.54, 1.807) is 13.8 Å². The summed E-state index contributed by atoms with van der Waals surface area (Å²) in [5, 5.41) is 34.7. The molecule has 3 N–H and O–H groups in total. The minimum atomic E-state index is -2.51. The van der Waals surface area contributed by atoms with Crippen molar-refractivity contribution in [3.8, 4) is 5.75 Å². The number of methoxy groups -OCH3 is 2. The third-order valence-corrected chi connectivity index (χ3v) is 13.6. The average Bonchev–Trinajstić information content (AvgIpc) is 3.24. The smallest absolute Gasteiger partial charge is 0.329 e. The van der Waals surface area contributed by atoms with Gasteiger partial charge in [-0.15, -0.1) is 0 Å². The van der Waals surface area contributed by atoms with Crippen LogP contribution in [0.15, 0.2) is 53.6 Å². The van der Waals surface area contributed by atoms with Gasteiger partial charge in [-0.1, -0.05) is 63.6 Å². The molecule has 3 fully saturated rings. The number of allylic oxidation sites excluding steroid dienone is 3. The van der Waals surface area contributed by atoms with Crippen LogP contribution in [0.3, 0.4) is 0 Å². The van der Waals surface area contributed by atoms with Gasteiger partial charge >= 0.3 is 5.97 Å². The molecule has 4 aliphatic rings. The van der Waals surface area contributed by atoms with Crippen molar-refractivity contribution >= 4 is 23.4 Å². The number of Topliss-reactive ketones (excluding diaryl/α,β-unsaturated/α-hetero) is 2. The van der Waals surface area contributed by atoms with Gasteiger partial charge < -0.3 is 43.9 Å². The van der Waals surface area contributed by atoms with Crippen LogP contribution in [0.1, 0.15) is 112 Å². The Kier molecular flexibility index (Phi) is 17.3. The molecule has 14 atom stereocenters. The Labute approximate surface area is 362 Å². The first-order valence-electron chi connectivity index (χ1n) is 22.5. The van der Waals surface area contributed by atoms with Gasteiger partial charge in [-0.3, -0.25) is 14.4 Å². The highest BCUT2D eigenvalue weighted by Crippen LogP contribution is 2.39. The number of hydrogen-bond acceptors (Lipinski definition) is 12. The molecule has 3 aliphatic heterocycles. The number of carbonyl (C=O) groups excluding carboxylic acids is 4. The van der Waals surface area contributed by atoms with Crippen LogP contribution >= 0.6 is 0 Å². The molecule has 0 aromatic heterocycles. The Morgan fingerprint density at radius 1 is 0.902 bits per heavy atom. The molecule has 1 aliphatic carbocycles. The summed E-state index contributed by atoms with van der Waals surface area (Å²) in [4.78, 5) is 58.1. The third-order valence-electron chi connectivity index (χ3n) is 13.6. The molecule has 61 heavy (non-hydrogen) atoms. The van der Waals surface area contributed by atoms with E-state index in [0.717, 1.165) is 5.57 Å². The van der Waals surface area contributed by atoms with Crippen LogP contribution in [0.4, 0.5) is 0 Å². The molecule has 0 spiro atoms. The second-order valence-electron chi connectivity index (χ2n) is 18.4. The van der Waals surface area contributed by atoms with Crippen molar-refractivity contribution < 1.29 is 58.2 Å². The Morgan fingerprint density at radius 2 is 1.59 bits per heavy atom. The number of hydrogen-bond donors (Lipinski definition) is 3. The Balaban J connectivity index is 1.51. The summed E-state index contributed by atoms with van der Waals surface area (Å²) >= 11 is 0. The first-order chi connectivity index (χ1) is 29.0. The molecule has 0 radical (unpaired) electrons. The normalized spacial score (nSPS) is 39.0. The lowest BCUT2D eigenvalue weighted by Gasteiger charge is -2.47. The number of piperidine rings is 1. The van der Waals surface area contributed by atoms with Crippen LogP contribution in [0.2, 0.25) is 0 Å². The molecule has 13 nitrogen and oxygen atoms in total. The number of benzene rings is 1. The lowest BCUT2D eigenvalue weighted by atomic mass is 9.81. The van der Waals surface area contributed by atoms with Crippen LogP contribution in [-0.4, -0.2) is 119 Å². The number of cyclic esters (lactones) is 1. The van der Waals surface area contributed by atoms with Crippen molar-refractivity contribution in [1.82, 2.24) is 4.90 Å². The number of aliphatic hydroxyl groups excluding tert-OH is 2. The lowest BCUT2D eigenvalue weighted by Crippen LogP contribution is -2.64. The largest absolute Gasteiger partial charge is 0.488 e. The molecule has 0 unspecified atom stereocenters.